The molecule has 0 saturated heterocycles. The van der Waals surface area contributed by atoms with Crippen LogP contribution in [0.15, 0.2) is 42.6 Å². The predicted molar refractivity (Wildman–Crippen MR) is 94.9 cm³/mol. The van der Waals surface area contributed by atoms with E-state index in [1.165, 1.54) is 13.3 Å². The van der Waals surface area contributed by atoms with Gasteiger partial charge >= 0.3 is 6.03 Å². The zero-order chi connectivity index (χ0) is 18.5. The van der Waals surface area contributed by atoms with E-state index in [9.17, 15) is 15.0 Å². The molecular weight excluding hydrogens is 338 g/mol. The van der Waals surface area contributed by atoms with Crippen molar-refractivity contribution >= 4 is 22.8 Å². The number of ether oxygens (including phenoxy) is 1. The molecule has 2 heterocycles. The number of aromatic amines is 1. The lowest BCUT2D eigenvalue weighted by Crippen LogP contribution is -2.40. The molecule has 1 aromatic carbocycles. The maximum absolute atomic E-state index is 12.3. The number of pyridine rings is 1. The van der Waals surface area contributed by atoms with Crippen molar-refractivity contribution in [2.24, 2.45) is 0 Å². The third-order valence-corrected chi connectivity index (χ3v) is 3.86. The second-order valence-corrected chi connectivity index (χ2v) is 5.58. The third kappa shape index (κ3) is 3.73. The number of methoxy groups -OCH3 is 1. The van der Waals surface area contributed by atoms with Gasteiger partial charge in [-0.1, -0.05) is 30.3 Å². The van der Waals surface area contributed by atoms with Gasteiger partial charge in [-0.2, -0.15) is 0 Å². The highest BCUT2D eigenvalue weighted by Crippen LogP contribution is 2.23. The smallest absolute Gasteiger partial charge is 0.320 e. The van der Waals surface area contributed by atoms with E-state index < -0.39 is 24.8 Å². The number of H-pyrrole nitrogens is 1. The minimum absolute atomic E-state index is 0.298. The monoisotopic (exact) mass is 357 g/mol. The highest BCUT2D eigenvalue weighted by molar-refractivity contribution is 5.92. The summed E-state index contributed by atoms with van der Waals surface area (Å²) in [6.07, 6.45) is 0.389. The van der Waals surface area contributed by atoms with Gasteiger partial charge in [0, 0.05) is 12.3 Å². The Bertz CT molecular complexity index is 883. The van der Waals surface area contributed by atoms with Crippen molar-refractivity contribution in [2.75, 3.05) is 19.0 Å². The molecule has 0 aliphatic carbocycles. The number of urea groups is 1. The largest absolute Gasteiger partial charge is 0.479 e. The number of nitrogens with one attached hydrogen (secondary N) is 3. The van der Waals surface area contributed by atoms with Gasteiger partial charge in [-0.25, -0.2) is 9.78 Å². The Kier molecular flexibility index (Phi) is 5.30. The number of hydrogen-bond donors (Lipinski definition) is 5. The number of nitrogens with zero attached hydrogens (tertiary/aromatic N) is 2. The summed E-state index contributed by atoms with van der Waals surface area (Å²) in [6, 6.07) is 9.19. The summed E-state index contributed by atoms with van der Waals surface area (Å²) in [4.78, 5) is 16.5. The molecule has 0 aliphatic heterocycles. The van der Waals surface area contributed by atoms with E-state index in [0.29, 0.717) is 28.2 Å². The van der Waals surface area contributed by atoms with Crippen LogP contribution in [-0.4, -0.2) is 51.2 Å². The first kappa shape index (κ1) is 17.6. The molecule has 2 unspecified atom stereocenters. The van der Waals surface area contributed by atoms with E-state index in [2.05, 4.69) is 25.8 Å². The van der Waals surface area contributed by atoms with E-state index in [1.54, 1.807) is 30.3 Å². The van der Waals surface area contributed by atoms with Crippen molar-refractivity contribution in [1.82, 2.24) is 20.5 Å². The van der Waals surface area contributed by atoms with E-state index in [-0.39, 0.29) is 0 Å². The van der Waals surface area contributed by atoms with E-state index in [0.717, 1.165) is 0 Å². The topological polar surface area (TPSA) is 132 Å². The number of aliphatic hydroxyl groups is 2. The first-order chi connectivity index (χ1) is 12.6. The molecule has 2 aromatic heterocycles. The molecule has 9 nitrogen and oxygen atoms in total. The molecule has 5 N–H and O–H groups in total. The Morgan fingerprint density at radius 3 is 2.81 bits per heavy atom. The van der Waals surface area contributed by atoms with Crippen molar-refractivity contribution in [1.29, 1.82) is 0 Å². The molecule has 9 heteroatoms. The minimum Gasteiger partial charge on any atom is -0.479 e. The molecule has 0 radical (unpaired) electrons. The van der Waals surface area contributed by atoms with Crippen LogP contribution in [0.1, 0.15) is 11.6 Å². The van der Waals surface area contributed by atoms with Gasteiger partial charge in [0.25, 0.3) is 0 Å². The van der Waals surface area contributed by atoms with Crippen molar-refractivity contribution in [3.05, 3.63) is 48.2 Å². The number of hydrogen-bond acceptors (Lipinski definition) is 6. The average Bonchev–Trinajstić information content (AvgIpc) is 3.08. The van der Waals surface area contributed by atoms with Crippen LogP contribution < -0.4 is 15.4 Å². The standard InChI is InChI=1S/C17H19N5O4/c1-26-16-11-8-18-14(7-12(11)21-22-16)19-17(25)20-15(13(24)9-23)10-5-3-2-4-6-10/h2-8,13,15,23-24H,9H2,1H3,(H,21,22)(H2,18,19,20,25). The zero-order valence-electron chi connectivity index (χ0n) is 14.0. The van der Waals surface area contributed by atoms with Crippen LogP contribution in [0, 0.1) is 0 Å². The van der Waals surface area contributed by atoms with Gasteiger partial charge in [-0.05, 0) is 5.56 Å². The van der Waals surface area contributed by atoms with Gasteiger partial charge in [0.05, 0.1) is 30.7 Å². The SMILES string of the molecule is COc1n[nH]c2cc(NC(=O)NC(c3ccccc3)C(O)CO)ncc12. The zero-order valence-corrected chi connectivity index (χ0v) is 14.0. The molecule has 0 bridgehead atoms. The average molecular weight is 357 g/mol. The summed E-state index contributed by atoms with van der Waals surface area (Å²) < 4.78 is 5.10. The van der Waals surface area contributed by atoms with Crippen molar-refractivity contribution in [2.45, 2.75) is 12.1 Å². The highest BCUT2D eigenvalue weighted by atomic mass is 16.5. The van der Waals surface area contributed by atoms with Crippen molar-refractivity contribution < 1.29 is 19.7 Å². The number of fused-ring (bicyclic) bond motifs is 1. The van der Waals surface area contributed by atoms with Crippen LogP contribution in [0.25, 0.3) is 10.9 Å². The molecule has 3 aromatic rings. The molecule has 3 rings (SSSR count). The molecule has 0 saturated carbocycles. The van der Waals surface area contributed by atoms with Crippen LogP contribution >= 0.6 is 0 Å². The lowest BCUT2D eigenvalue weighted by Gasteiger charge is -2.23. The fraction of sp³-hybridized carbons (Fsp3) is 0.235. The molecule has 0 spiro atoms. The molecule has 136 valence electrons. The Balaban J connectivity index is 1.74. The van der Waals surface area contributed by atoms with E-state index >= 15 is 0 Å². The van der Waals surface area contributed by atoms with Gasteiger partial charge in [0.2, 0.25) is 5.88 Å². The Morgan fingerprint density at radius 1 is 1.35 bits per heavy atom. The summed E-state index contributed by atoms with van der Waals surface area (Å²) in [5.41, 5.74) is 1.33. The summed E-state index contributed by atoms with van der Waals surface area (Å²) >= 11 is 0. The van der Waals surface area contributed by atoms with Crippen LogP contribution in [0.5, 0.6) is 5.88 Å². The molecule has 0 aliphatic rings. The Hall–Kier alpha value is -3.17. The number of benzene rings is 1. The first-order valence-electron chi connectivity index (χ1n) is 7.92. The quantitative estimate of drug-likeness (QED) is 0.450. The lowest BCUT2D eigenvalue weighted by atomic mass is 10.0. The minimum atomic E-state index is -1.14. The first-order valence-corrected chi connectivity index (χ1v) is 7.92. The van der Waals surface area contributed by atoms with E-state index in [4.69, 9.17) is 4.74 Å². The molecular formula is C17H19N5O4. The molecule has 2 amide bonds. The van der Waals surface area contributed by atoms with Crippen molar-refractivity contribution in [3.8, 4) is 5.88 Å². The number of aromatic nitrogens is 3. The summed E-state index contributed by atoms with van der Waals surface area (Å²) in [6.45, 7) is -0.488. The molecule has 0 fully saturated rings. The third-order valence-electron chi connectivity index (χ3n) is 3.86. The lowest BCUT2D eigenvalue weighted by molar-refractivity contribution is 0.0659. The normalized spacial score (nSPS) is 13.2. The second-order valence-electron chi connectivity index (χ2n) is 5.58. The maximum atomic E-state index is 12.3. The summed E-state index contributed by atoms with van der Waals surface area (Å²) in [5.74, 6) is 0.713. The fourth-order valence-electron chi connectivity index (χ4n) is 2.57. The number of carbonyl (C=O) groups is 1. The molecule has 26 heavy (non-hydrogen) atoms. The van der Waals surface area contributed by atoms with Gasteiger partial charge in [-0.3, -0.25) is 10.4 Å². The predicted octanol–water partition coefficient (Wildman–Crippen LogP) is 1.18. The van der Waals surface area contributed by atoms with Crippen molar-refractivity contribution in [3.63, 3.8) is 0 Å². The van der Waals surface area contributed by atoms with Crippen LogP contribution in [-0.2, 0) is 0 Å². The fourth-order valence-corrected chi connectivity index (χ4v) is 2.57. The molecule has 2 atom stereocenters. The van der Waals surface area contributed by atoms with Gasteiger partial charge in [0.1, 0.15) is 11.9 Å². The number of rotatable bonds is 6. The number of aliphatic hydroxyl groups excluding tert-OH is 2. The summed E-state index contributed by atoms with van der Waals surface area (Å²) in [5, 5.41) is 32.0. The van der Waals surface area contributed by atoms with Gasteiger partial charge < -0.3 is 20.3 Å². The van der Waals surface area contributed by atoms with E-state index in [1.807, 2.05) is 6.07 Å². The second kappa shape index (κ2) is 7.81. The highest BCUT2D eigenvalue weighted by Gasteiger charge is 2.22. The Morgan fingerprint density at radius 2 is 2.12 bits per heavy atom. The van der Waals surface area contributed by atoms with Gasteiger partial charge in [0.15, 0.2) is 0 Å². The maximum Gasteiger partial charge on any atom is 0.320 e. The van der Waals surface area contributed by atoms with Crippen LogP contribution in [0.2, 0.25) is 0 Å². The van der Waals surface area contributed by atoms with Crippen LogP contribution in [0.3, 0.4) is 0 Å². The number of carbonyl (C=O) groups excluding carboxylic acids is 1. The number of anilines is 1. The summed E-state index contributed by atoms with van der Waals surface area (Å²) in [7, 11) is 1.51. The van der Waals surface area contributed by atoms with Crippen LogP contribution in [0.4, 0.5) is 10.6 Å². The Labute approximate surface area is 149 Å². The number of amides is 2. The van der Waals surface area contributed by atoms with Gasteiger partial charge in [-0.15, -0.1) is 5.10 Å².